The molecule has 0 bridgehead atoms. The van der Waals surface area contributed by atoms with Crippen molar-refractivity contribution >= 4 is 0 Å². The smallest absolute Gasteiger partial charge is 0.541 e. The molecular weight excluding hydrogens is 236 g/mol. The van der Waals surface area contributed by atoms with Crippen LogP contribution in [0.5, 0.6) is 0 Å². The average molecular weight is 241 g/mol. The van der Waals surface area contributed by atoms with E-state index in [0.717, 1.165) is 6.26 Å². The Hall–Kier alpha value is 0.228. The zero-order chi connectivity index (χ0) is 3.41. The van der Waals surface area contributed by atoms with Gasteiger partial charge in [0.2, 0.25) is 0 Å². The van der Waals surface area contributed by atoms with E-state index in [1.54, 1.807) is 0 Å². The minimum Gasteiger partial charge on any atom is -0.541 e. The SMILES string of the molecule is [CH-]=COC.[W+2]. The van der Waals surface area contributed by atoms with E-state index in [-0.39, 0.29) is 21.1 Å². The van der Waals surface area contributed by atoms with Crippen LogP contribution in [-0.4, -0.2) is 7.11 Å². The molecule has 5 heavy (non-hydrogen) atoms. The zero-order valence-corrected chi connectivity index (χ0v) is 5.90. The van der Waals surface area contributed by atoms with Crippen LogP contribution < -0.4 is 0 Å². The molecule has 0 aliphatic heterocycles. The number of rotatable bonds is 1. The van der Waals surface area contributed by atoms with Crippen molar-refractivity contribution in [2.45, 2.75) is 0 Å². The van der Waals surface area contributed by atoms with Crippen molar-refractivity contribution in [3.05, 3.63) is 12.8 Å². The van der Waals surface area contributed by atoms with Gasteiger partial charge >= 0.3 is 21.1 Å². The summed E-state index contributed by atoms with van der Waals surface area (Å²) in [6.45, 7) is 4.68. The van der Waals surface area contributed by atoms with Gasteiger partial charge in [-0.1, -0.05) is 0 Å². The van der Waals surface area contributed by atoms with E-state index >= 15 is 0 Å². The largest absolute Gasteiger partial charge is 2.00 e. The van der Waals surface area contributed by atoms with Crippen LogP contribution in [0.15, 0.2) is 6.26 Å². The molecule has 0 saturated carbocycles. The summed E-state index contributed by atoms with van der Waals surface area (Å²) in [5.41, 5.74) is 0. The van der Waals surface area contributed by atoms with Gasteiger partial charge in [-0.3, -0.25) is 0 Å². The van der Waals surface area contributed by atoms with Gasteiger partial charge in [0.1, 0.15) is 0 Å². The van der Waals surface area contributed by atoms with Crippen molar-refractivity contribution in [3.63, 3.8) is 0 Å². The van der Waals surface area contributed by atoms with Crippen LogP contribution in [0.4, 0.5) is 0 Å². The molecule has 0 heterocycles. The Labute approximate surface area is 46.3 Å². The third-order valence-electron chi connectivity index (χ3n) is 0.136. The first kappa shape index (κ1) is 8.97. The van der Waals surface area contributed by atoms with Crippen LogP contribution in [0, 0.1) is 6.58 Å². The van der Waals surface area contributed by atoms with Gasteiger partial charge in [0.25, 0.3) is 0 Å². The second-order valence-electron chi connectivity index (χ2n) is 0.372. The van der Waals surface area contributed by atoms with Gasteiger partial charge < -0.3 is 11.3 Å². The first-order valence-corrected chi connectivity index (χ1v) is 0.977. The van der Waals surface area contributed by atoms with Crippen molar-refractivity contribution < 1.29 is 25.8 Å². The number of hydrogen-bond acceptors (Lipinski definition) is 1. The fourth-order valence-corrected chi connectivity index (χ4v) is 0. The molecule has 0 aromatic carbocycles. The third-order valence-corrected chi connectivity index (χ3v) is 0.136. The molecular formula is C3H5OW+. The molecule has 0 amide bonds. The van der Waals surface area contributed by atoms with Crippen LogP contribution in [0.1, 0.15) is 0 Å². The van der Waals surface area contributed by atoms with E-state index in [9.17, 15) is 0 Å². The average Bonchev–Trinajstić information content (AvgIpc) is 1.37. The van der Waals surface area contributed by atoms with Crippen LogP contribution >= 0.6 is 0 Å². The molecule has 0 aromatic heterocycles. The van der Waals surface area contributed by atoms with Gasteiger partial charge in [-0.15, -0.1) is 6.26 Å². The summed E-state index contributed by atoms with van der Waals surface area (Å²) in [7, 11) is 1.50. The van der Waals surface area contributed by atoms with Gasteiger partial charge in [0.15, 0.2) is 0 Å². The van der Waals surface area contributed by atoms with Crippen molar-refractivity contribution in [3.8, 4) is 0 Å². The topological polar surface area (TPSA) is 9.23 Å². The van der Waals surface area contributed by atoms with Crippen molar-refractivity contribution in [2.75, 3.05) is 7.11 Å². The van der Waals surface area contributed by atoms with Gasteiger partial charge in [0.05, 0.1) is 7.11 Å². The van der Waals surface area contributed by atoms with Gasteiger partial charge in [0, 0.05) is 0 Å². The molecule has 0 aliphatic carbocycles. The van der Waals surface area contributed by atoms with Gasteiger partial charge in [-0.25, -0.2) is 0 Å². The first-order valence-electron chi connectivity index (χ1n) is 0.977. The molecule has 0 aromatic rings. The minimum absolute atomic E-state index is 0. The number of ether oxygens (including phenoxy) is 1. The van der Waals surface area contributed by atoms with Crippen LogP contribution in [-0.2, 0) is 25.8 Å². The van der Waals surface area contributed by atoms with Gasteiger partial charge in [-0.2, -0.15) is 0 Å². The third kappa shape index (κ3) is 13.9. The van der Waals surface area contributed by atoms with Crippen molar-refractivity contribution in [1.29, 1.82) is 0 Å². The summed E-state index contributed by atoms with van der Waals surface area (Å²) >= 11 is 0. The molecule has 0 N–H and O–H groups in total. The number of methoxy groups -OCH3 is 1. The summed E-state index contributed by atoms with van der Waals surface area (Å²) in [5, 5.41) is 0. The fourth-order valence-electron chi connectivity index (χ4n) is 0. The zero-order valence-electron chi connectivity index (χ0n) is 2.97. The van der Waals surface area contributed by atoms with E-state index in [1.165, 1.54) is 7.11 Å². The van der Waals surface area contributed by atoms with Crippen molar-refractivity contribution in [1.82, 2.24) is 0 Å². The molecule has 0 radical (unpaired) electrons. The Morgan fingerprint density at radius 2 is 2.00 bits per heavy atom. The Bertz CT molecular complexity index is 20.9. The number of hydrogen-bond donors (Lipinski definition) is 0. The maximum atomic E-state index is 4.68. The van der Waals surface area contributed by atoms with Crippen LogP contribution in [0.3, 0.4) is 0 Å². The quantitative estimate of drug-likeness (QED) is 0.481. The summed E-state index contributed by atoms with van der Waals surface area (Å²) in [6, 6.07) is 0. The van der Waals surface area contributed by atoms with E-state index in [0.29, 0.717) is 0 Å². The Morgan fingerprint density at radius 1 is 1.80 bits per heavy atom. The van der Waals surface area contributed by atoms with E-state index < -0.39 is 0 Å². The Balaban J connectivity index is 0. The molecule has 2 heteroatoms. The van der Waals surface area contributed by atoms with Crippen LogP contribution in [0.25, 0.3) is 0 Å². The molecule has 0 unspecified atom stereocenters. The second kappa shape index (κ2) is 8.87. The van der Waals surface area contributed by atoms with E-state index in [4.69, 9.17) is 0 Å². The molecule has 0 atom stereocenters. The molecule has 0 saturated heterocycles. The Kier molecular flexibility index (Phi) is 15.9. The minimum atomic E-state index is 0. The maximum Gasteiger partial charge on any atom is 2.00 e. The second-order valence-corrected chi connectivity index (χ2v) is 0.372. The van der Waals surface area contributed by atoms with Crippen LogP contribution in [0.2, 0.25) is 0 Å². The van der Waals surface area contributed by atoms with Gasteiger partial charge in [-0.05, 0) is 0 Å². The molecule has 1 nitrogen and oxygen atoms in total. The standard InChI is InChI=1S/C3H5O.W/c1-3-4-2;/h1,3H,2H3;/q-1;+2. The fraction of sp³-hybridized carbons (Fsp3) is 0.333. The molecule has 0 fully saturated rings. The monoisotopic (exact) mass is 241 g/mol. The van der Waals surface area contributed by atoms with E-state index in [2.05, 4.69) is 11.3 Å². The summed E-state index contributed by atoms with van der Waals surface area (Å²) < 4.78 is 4.19. The summed E-state index contributed by atoms with van der Waals surface area (Å²) in [6.07, 6.45) is 1.12. The predicted molar refractivity (Wildman–Crippen MR) is 15.9 cm³/mol. The summed E-state index contributed by atoms with van der Waals surface area (Å²) in [4.78, 5) is 0. The summed E-state index contributed by atoms with van der Waals surface area (Å²) in [5.74, 6) is 0. The molecule has 28 valence electrons. The molecule has 0 aliphatic rings. The molecule has 0 rings (SSSR count). The Morgan fingerprint density at radius 3 is 2.00 bits per heavy atom. The normalized spacial score (nSPS) is 4.20. The molecule has 0 spiro atoms. The van der Waals surface area contributed by atoms with Crippen molar-refractivity contribution in [2.24, 2.45) is 0 Å². The predicted octanol–water partition coefficient (Wildman–Crippen LogP) is 0.577. The first-order chi connectivity index (χ1) is 1.91. The maximum absolute atomic E-state index is 4.68. The van der Waals surface area contributed by atoms with E-state index in [1.807, 2.05) is 0 Å².